The Bertz CT molecular complexity index is 975. The molecule has 0 bridgehead atoms. The van der Waals surface area contributed by atoms with Crippen molar-refractivity contribution >= 4 is 29.2 Å². The van der Waals surface area contributed by atoms with Crippen LogP contribution in [-0.2, 0) is 9.53 Å². The van der Waals surface area contributed by atoms with E-state index in [1.54, 1.807) is 24.3 Å². The molecular weight excluding hydrogens is 388 g/mol. The summed E-state index contributed by atoms with van der Waals surface area (Å²) in [4.78, 5) is 24.4. The van der Waals surface area contributed by atoms with Crippen LogP contribution in [-0.4, -0.2) is 25.5 Å². The molecule has 0 aliphatic carbocycles. The lowest BCUT2D eigenvalue weighted by Gasteiger charge is -2.20. The SMILES string of the molecule is COC(=O)c1ccccc1NC(=O)CNC(c1ccccc1)c1ccc(Cl)cc1. The van der Waals surface area contributed by atoms with Crippen LogP contribution in [0.1, 0.15) is 27.5 Å². The summed E-state index contributed by atoms with van der Waals surface area (Å²) in [6, 6.07) is 23.9. The number of rotatable bonds is 7. The molecule has 29 heavy (non-hydrogen) atoms. The number of ether oxygens (including phenoxy) is 1. The zero-order chi connectivity index (χ0) is 20.6. The smallest absolute Gasteiger partial charge is 0.339 e. The zero-order valence-electron chi connectivity index (χ0n) is 15.9. The van der Waals surface area contributed by atoms with Crippen LogP contribution in [0.15, 0.2) is 78.9 Å². The summed E-state index contributed by atoms with van der Waals surface area (Å²) in [7, 11) is 1.30. The number of nitrogens with one attached hydrogen (secondary N) is 2. The molecule has 3 aromatic carbocycles. The lowest BCUT2D eigenvalue weighted by molar-refractivity contribution is -0.115. The van der Waals surface area contributed by atoms with E-state index in [1.807, 2.05) is 54.6 Å². The summed E-state index contributed by atoms with van der Waals surface area (Å²) in [6.45, 7) is 0.0533. The Morgan fingerprint density at radius 2 is 1.52 bits per heavy atom. The van der Waals surface area contributed by atoms with Gasteiger partial charge in [0.15, 0.2) is 0 Å². The second-order valence-corrected chi connectivity index (χ2v) is 6.80. The van der Waals surface area contributed by atoms with Crippen LogP contribution in [0.4, 0.5) is 5.69 Å². The van der Waals surface area contributed by atoms with E-state index in [0.29, 0.717) is 16.3 Å². The molecule has 0 aliphatic heterocycles. The Kier molecular flexibility index (Phi) is 7.00. The lowest BCUT2D eigenvalue weighted by atomic mass is 9.99. The van der Waals surface area contributed by atoms with Crippen LogP contribution in [0, 0.1) is 0 Å². The van der Waals surface area contributed by atoms with Crippen LogP contribution in [0.5, 0.6) is 0 Å². The minimum absolute atomic E-state index is 0.0533. The van der Waals surface area contributed by atoms with Crippen molar-refractivity contribution < 1.29 is 14.3 Å². The van der Waals surface area contributed by atoms with Gasteiger partial charge >= 0.3 is 5.97 Å². The predicted octanol–water partition coefficient (Wildman–Crippen LogP) is 4.44. The molecule has 0 heterocycles. The van der Waals surface area contributed by atoms with Crippen molar-refractivity contribution in [1.82, 2.24) is 5.32 Å². The van der Waals surface area contributed by atoms with Crippen LogP contribution in [0.2, 0.25) is 5.02 Å². The summed E-state index contributed by atoms with van der Waals surface area (Å²) in [6.07, 6.45) is 0. The first-order valence-electron chi connectivity index (χ1n) is 9.09. The minimum Gasteiger partial charge on any atom is -0.465 e. The standard InChI is InChI=1S/C23H21ClN2O3/c1-29-23(28)19-9-5-6-10-20(19)26-21(27)15-25-22(16-7-3-2-4-8-16)17-11-13-18(24)14-12-17/h2-14,22,25H,15H2,1H3,(H,26,27). The van der Waals surface area contributed by atoms with Gasteiger partial charge in [-0.05, 0) is 35.4 Å². The highest BCUT2D eigenvalue weighted by atomic mass is 35.5. The largest absolute Gasteiger partial charge is 0.465 e. The van der Waals surface area contributed by atoms with E-state index in [4.69, 9.17) is 16.3 Å². The van der Waals surface area contributed by atoms with Crippen LogP contribution in [0.3, 0.4) is 0 Å². The molecule has 0 saturated carbocycles. The molecule has 5 nitrogen and oxygen atoms in total. The maximum absolute atomic E-state index is 12.5. The molecule has 148 valence electrons. The summed E-state index contributed by atoms with van der Waals surface area (Å²) in [5.41, 5.74) is 2.73. The maximum atomic E-state index is 12.5. The monoisotopic (exact) mass is 408 g/mol. The Labute approximate surface area is 174 Å². The molecule has 3 aromatic rings. The van der Waals surface area contributed by atoms with Gasteiger partial charge in [-0.25, -0.2) is 4.79 Å². The number of methoxy groups -OCH3 is 1. The van der Waals surface area contributed by atoms with Gasteiger partial charge in [-0.2, -0.15) is 0 Å². The second kappa shape index (κ2) is 9.87. The van der Waals surface area contributed by atoms with Crippen molar-refractivity contribution in [1.29, 1.82) is 0 Å². The fourth-order valence-corrected chi connectivity index (χ4v) is 3.12. The van der Waals surface area contributed by atoms with Gasteiger partial charge in [0.1, 0.15) is 0 Å². The maximum Gasteiger partial charge on any atom is 0.339 e. The third-order valence-electron chi connectivity index (χ3n) is 4.41. The van der Waals surface area contributed by atoms with Gasteiger partial charge in [0.2, 0.25) is 5.91 Å². The number of anilines is 1. The molecule has 0 saturated heterocycles. The van der Waals surface area contributed by atoms with E-state index in [2.05, 4.69) is 10.6 Å². The van der Waals surface area contributed by atoms with Crippen LogP contribution < -0.4 is 10.6 Å². The molecule has 1 unspecified atom stereocenters. The molecule has 2 N–H and O–H groups in total. The Hall–Kier alpha value is -3.15. The summed E-state index contributed by atoms with van der Waals surface area (Å²) in [5, 5.41) is 6.70. The van der Waals surface area contributed by atoms with Crippen molar-refractivity contribution in [2.45, 2.75) is 6.04 Å². The third-order valence-corrected chi connectivity index (χ3v) is 4.66. The number of benzene rings is 3. The van der Waals surface area contributed by atoms with Crippen molar-refractivity contribution in [3.05, 3.63) is 101 Å². The molecule has 0 aliphatic rings. The van der Waals surface area contributed by atoms with E-state index in [1.165, 1.54) is 7.11 Å². The van der Waals surface area contributed by atoms with E-state index in [0.717, 1.165) is 11.1 Å². The molecular formula is C23H21ClN2O3. The predicted molar refractivity (Wildman–Crippen MR) is 114 cm³/mol. The number of carbonyl (C=O) groups excluding carboxylic acids is 2. The average Bonchev–Trinajstić information content (AvgIpc) is 2.75. The molecule has 0 fully saturated rings. The topological polar surface area (TPSA) is 67.4 Å². The Morgan fingerprint density at radius 1 is 0.897 bits per heavy atom. The highest BCUT2D eigenvalue weighted by molar-refractivity contribution is 6.30. The number of carbonyl (C=O) groups is 2. The van der Waals surface area contributed by atoms with Crippen molar-refractivity contribution in [3.63, 3.8) is 0 Å². The van der Waals surface area contributed by atoms with Crippen LogP contribution >= 0.6 is 11.6 Å². The van der Waals surface area contributed by atoms with Gasteiger partial charge < -0.3 is 10.1 Å². The molecule has 0 spiro atoms. The second-order valence-electron chi connectivity index (χ2n) is 6.36. The lowest BCUT2D eigenvalue weighted by Crippen LogP contribution is -2.32. The van der Waals surface area contributed by atoms with Gasteiger partial charge in [-0.1, -0.05) is 66.2 Å². The number of amides is 1. The first-order chi connectivity index (χ1) is 14.1. The fourth-order valence-electron chi connectivity index (χ4n) is 3.00. The highest BCUT2D eigenvalue weighted by Gasteiger charge is 2.17. The summed E-state index contributed by atoms with van der Waals surface area (Å²) < 4.78 is 4.77. The van der Waals surface area contributed by atoms with E-state index < -0.39 is 5.97 Å². The third kappa shape index (κ3) is 5.44. The fraction of sp³-hybridized carbons (Fsp3) is 0.130. The van der Waals surface area contributed by atoms with Gasteiger partial charge in [0, 0.05) is 5.02 Å². The normalized spacial score (nSPS) is 11.5. The van der Waals surface area contributed by atoms with E-state index in [9.17, 15) is 9.59 Å². The molecule has 3 rings (SSSR count). The van der Waals surface area contributed by atoms with E-state index in [-0.39, 0.29) is 18.5 Å². The minimum atomic E-state index is -0.503. The number of esters is 1. The highest BCUT2D eigenvalue weighted by Crippen LogP contribution is 2.23. The molecule has 1 atom stereocenters. The first kappa shape index (κ1) is 20.6. The van der Waals surface area contributed by atoms with Crippen molar-refractivity contribution in [3.8, 4) is 0 Å². The average molecular weight is 409 g/mol. The van der Waals surface area contributed by atoms with Crippen LogP contribution in [0.25, 0.3) is 0 Å². The summed E-state index contributed by atoms with van der Waals surface area (Å²) in [5.74, 6) is -0.770. The van der Waals surface area contributed by atoms with Gasteiger partial charge in [0.05, 0.1) is 30.9 Å². The van der Waals surface area contributed by atoms with Gasteiger partial charge in [-0.3, -0.25) is 10.1 Å². The van der Waals surface area contributed by atoms with Crippen molar-refractivity contribution in [2.75, 3.05) is 19.0 Å². The van der Waals surface area contributed by atoms with Gasteiger partial charge in [0.25, 0.3) is 0 Å². The summed E-state index contributed by atoms with van der Waals surface area (Å²) >= 11 is 6.01. The Morgan fingerprint density at radius 3 is 2.21 bits per heavy atom. The molecule has 1 amide bonds. The molecule has 0 aromatic heterocycles. The molecule has 0 radical (unpaired) electrons. The number of hydrogen-bond donors (Lipinski definition) is 2. The van der Waals surface area contributed by atoms with E-state index >= 15 is 0 Å². The zero-order valence-corrected chi connectivity index (χ0v) is 16.6. The quantitative estimate of drug-likeness (QED) is 0.567. The Balaban J connectivity index is 1.74. The van der Waals surface area contributed by atoms with Gasteiger partial charge in [-0.15, -0.1) is 0 Å². The number of halogens is 1. The first-order valence-corrected chi connectivity index (χ1v) is 9.47. The number of para-hydroxylation sites is 1. The molecule has 6 heteroatoms. The number of hydrogen-bond acceptors (Lipinski definition) is 4. The van der Waals surface area contributed by atoms with Crippen molar-refractivity contribution in [2.24, 2.45) is 0 Å².